The maximum Gasteiger partial charge on any atom is 0.262 e. The second-order valence-electron chi connectivity index (χ2n) is 8.07. The standard InChI is InChI=1S/C24H25FN6O3S/c1-3-15(2)26-20(32)11-12-30-22(34)18-9-4-5-10-19(18)31-23(30)28-29-24(31)35-14-21(33)27-17-8-6-7-16(25)13-17/h4-10,13,15H,3,11-12,14H2,1-2H3,(H,26,32)(H,27,33). The van der Waals surface area contributed by atoms with E-state index in [1.165, 1.54) is 22.8 Å². The molecule has 35 heavy (non-hydrogen) atoms. The highest BCUT2D eigenvalue weighted by molar-refractivity contribution is 7.99. The van der Waals surface area contributed by atoms with E-state index >= 15 is 0 Å². The van der Waals surface area contributed by atoms with Gasteiger partial charge in [0.1, 0.15) is 5.82 Å². The third kappa shape index (κ3) is 5.51. The molecule has 4 aromatic rings. The van der Waals surface area contributed by atoms with Gasteiger partial charge in [-0.3, -0.25) is 23.4 Å². The summed E-state index contributed by atoms with van der Waals surface area (Å²) in [5, 5.41) is 14.8. The Bertz CT molecular complexity index is 1450. The van der Waals surface area contributed by atoms with Crippen LogP contribution in [0, 0.1) is 5.82 Å². The molecule has 0 spiro atoms. The molecule has 0 saturated heterocycles. The fourth-order valence-electron chi connectivity index (χ4n) is 3.58. The van der Waals surface area contributed by atoms with E-state index in [1.54, 1.807) is 34.7 Å². The normalized spacial score (nSPS) is 12.1. The van der Waals surface area contributed by atoms with Gasteiger partial charge in [0, 0.05) is 24.7 Å². The van der Waals surface area contributed by atoms with Gasteiger partial charge < -0.3 is 10.6 Å². The molecular formula is C24H25FN6O3S. The third-order valence-corrected chi connectivity index (χ3v) is 6.43. The smallest absolute Gasteiger partial charge is 0.262 e. The number of para-hydroxylation sites is 1. The van der Waals surface area contributed by atoms with Gasteiger partial charge in [-0.15, -0.1) is 10.2 Å². The molecule has 9 nitrogen and oxygen atoms in total. The van der Waals surface area contributed by atoms with Crippen molar-refractivity contribution in [1.29, 1.82) is 0 Å². The summed E-state index contributed by atoms with van der Waals surface area (Å²) in [5.74, 6) is -0.640. The summed E-state index contributed by atoms with van der Waals surface area (Å²) in [7, 11) is 0. The van der Waals surface area contributed by atoms with Crippen molar-refractivity contribution < 1.29 is 14.0 Å². The van der Waals surface area contributed by atoms with Crippen LogP contribution in [0.3, 0.4) is 0 Å². The molecular weight excluding hydrogens is 471 g/mol. The van der Waals surface area contributed by atoms with Gasteiger partial charge in [-0.1, -0.05) is 36.9 Å². The quantitative estimate of drug-likeness (QED) is 0.344. The van der Waals surface area contributed by atoms with E-state index in [1.807, 2.05) is 13.8 Å². The van der Waals surface area contributed by atoms with Gasteiger partial charge in [0.2, 0.25) is 17.6 Å². The molecule has 2 aromatic carbocycles. The number of thioether (sulfide) groups is 1. The zero-order valence-corrected chi connectivity index (χ0v) is 20.1. The molecule has 0 fully saturated rings. The molecule has 0 saturated carbocycles. The number of carbonyl (C=O) groups excluding carboxylic acids is 2. The number of hydrogen-bond donors (Lipinski definition) is 2. The number of carbonyl (C=O) groups is 2. The molecule has 0 aliphatic carbocycles. The lowest BCUT2D eigenvalue weighted by molar-refractivity contribution is -0.122. The van der Waals surface area contributed by atoms with Crippen molar-refractivity contribution in [2.45, 2.75) is 44.4 Å². The predicted molar refractivity (Wildman–Crippen MR) is 133 cm³/mol. The highest BCUT2D eigenvalue weighted by atomic mass is 32.2. The molecule has 0 aliphatic rings. The van der Waals surface area contributed by atoms with E-state index in [0.29, 0.717) is 21.7 Å². The van der Waals surface area contributed by atoms with Crippen LogP contribution < -0.4 is 16.2 Å². The number of nitrogens with zero attached hydrogens (tertiary/aromatic N) is 4. The predicted octanol–water partition coefficient (Wildman–Crippen LogP) is 3.22. The number of aryl methyl sites for hydroxylation is 1. The molecule has 11 heteroatoms. The second kappa shape index (κ2) is 10.7. The minimum Gasteiger partial charge on any atom is -0.354 e. The fraction of sp³-hybridized carbons (Fsp3) is 0.292. The van der Waals surface area contributed by atoms with Crippen LogP contribution in [-0.4, -0.2) is 42.8 Å². The van der Waals surface area contributed by atoms with E-state index in [0.717, 1.165) is 18.2 Å². The largest absolute Gasteiger partial charge is 0.354 e. The first kappa shape index (κ1) is 24.4. The number of aromatic nitrogens is 4. The van der Waals surface area contributed by atoms with Crippen molar-refractivity contribution in [1.82, 2.24) is 24.5 Å². The summed E-state index contributed by atoms with van der Waals surface area (Å²) < 4.78 is 16.5. The monoisotopic (exact) mass is 496 g/mol. The summed E-state index contributed by atoms with van der Waals surface area (Å²) >= 11 is 1.14. The Morgan fingerprint density at radius 1 is 1.11 bits per heavy atom. The second-order valence-corrected chi connectivity index (χ2v) is 9.01. The Morgan fingerprint density at radius 3 is 2.69 bits per heavy atom. The van der Waals surface area contributed by atoms with Gasteiger partial charge in [0.05, 0.1) is 16.7 Å². The minimum atomic E-state index is -0.443. The van der Waals surface area contributed by atoms with Crippen LogP contribution in [0.25, 0.3) is 16.7 Å². The van der Waals surface area contributed by atoms with E-state index in [4.69, 9.17) is 0 Å². The topological polar surface area (TPSA) is 110 Å². The summed E-state index contributed by atoms with van der Waals surface area (Å²) in [5.41, 5.74) is 0.694. The molecule has 1 atom stereocenters. The number of halogens is 1. The molecule has 2 aromatic heterocycles. The minimum absolute atomic E-state index is 0.00206. The zero-order valence-electron chi connectivity index (χ0n) is 19.3. The Hall–Kier alpha value is -3.73. The van der Waals surface area contributed by atoms with Crippen LogP contribution in [0.5, 0.6) is 0 Å². The number of benzene rings is 2. The number of nitrogens with one attached hydrogen (secondary N) is 2. The van der Waals surface area contributed by atoms with Gasteiger partial charge in [0.25, 0.3) is 5.56 Å². The average molecular weight is 497 g/mol. The summed E-state index contributed by atoms with van der Waals surface area (Å²) in [6, 6.07) is 12.7. The van der Waals surface area contributed by atoms with Crippen LogP contribution >= 0.6 is 11.8 Å². The maximum absolute atomic E-state index is 13.4. The van der Waals surface area contributed by atoms with Crippen LogP contribution in [-0.2, 0) is 16.1 Å². The lowest BCUT2D eigenvalue weighted by Gasteiger charge is -2.13. The van der Waals surface area contributed by atoms with Crippen molar-refractivity contribution in [2.75, 3.05) is 11.1 Å². The lowest BCUT2D eigenvalue weighted by atomic mass is 10.2. The number of fused-ring (bicyclic) bond motifs is 3. The van der Waals surface area contributed by atoms with E-state index in [-0.39, 0.29) is 47.9 Å². The maximum atomic E-state index is 13.4. The van der Waals surface area contributed by atoms with Crippen LogP contribution in [0.1, 0.15) is 26.7 Å². The van der Waals surface area contributed by atoms with Gasteiger partial charge in [0.15, 0.2) is 5.16 Å². The Balaban J connectivity index is 1.60. The van der Waals surface area contributed by atoms with Crippen molar-refractivity contribution in [3.8, 4) is 0 Å². The van der Waals surface area contributed by atoms with Crippen LogP contribution in [0.4, 0.5) is 10.1 Å². The number of hydrogen-bond acceptors (Lipinski definition) is 6. The molecule has 0 bridgehead atoms. The van der Waals surface area contributed by atoms with Crippen molar-refractivity contribution in [2.24, 2.45) is 0 Å². The van der Waals surface area contributed by atoms with Crippen molar-refractivity contribution in [3.63, 3.8) is 0 Å². The Labute approximate surface area is 204 Å². The molecule has 1 unspecified atom stereocenters. The van der Waals surface area contributed by atoms with E-state index < -0.39 is 5.82 Å². The number of amides is 2. The molecule has 2 N–H and O–H groups in total. The van der Waals surface area contributed by atoms with Gasteiger partial charge in [-0.2, -0.15) is 0 Å². The molecule has 182 valence electrons. The number of rotatable bonds is 9. The molecule has 2 amide bonds. The Morgan fingerprint density at radius 2 is 1.91 bits per heavy atom. The Kier molecular flexibility index (Phi) is 7.45. The first-order valence-corrected chi connectivity index (χ1v) is 12.2. The summed E-state index contributed by atoms with van der Waals surface area (Å²) in [4.78, 5) is 37.9. The fourth-order valence-corrected chi connectivity index (χ4v) is 4.32. The molecule has 0 radical (unpaired) electrons. The summed E-state index contributed by atoms with van der Waals surface area (Å²) in [6.45, 7) is 4.04. The van der Waals surface area contributed by atoms with E-state index in [2.05, 4.69) is 20.8 Å². The molecule has 2 heterocycles. The third-order valence-electron chi connectivity index (χ3n) is 5.50. The van der Waals surface area contributed by atoms with Gasteiger partial charge in [-0.25, -0.2) is 4.39 Å². The molecule has 4 rings (SSSR count). The van der Waals surface area contributed by atoms with E-state index in [9.17, 15) is 18.8 Å². The van der Waals surface area contributed by atoms with Crippen LogP contribution in [0.2, 0.25) is 0 Å². The number of anilines is 1. The van der Waals surface area contributed by atoms with Crippen molar-refractivity contribution in [3.05, 3.63) is 64.7 Å². The van der Waals surface area contributed by atoms with Gasteiger partial charge in [-0.05, 0) is 43.7 Å². The average Bonchev–Trinajstić information content (AvgIpc) is 3.26. The lowest BCUT2D eigenvalue weighted by Crippen LogP contribution is -2.33. The van der Waals surface area contributed by atoms with Crippen LogP contribution in [0.15, 0.2) is 58.5 Å². The highest BCUT2D eigenvalue weighted by Gasteiger charge is 2.18. The first-order chi connectivity index (χ1) is 16.9. The first-order valence-electron chi connectivity index (χ1n) is 11.2. The highest BCUT2D eigenvalue weighted by Crippen LogP contribution is 2.22. The summed E-state index contributed by atoms with van der Waals surface area (Å²) in [6.07, 6.45) is 0.924. The zero-order chi connectivity index (χ0) is 24.9. The molecule has 0 aliphatic heterocycles. The van der Waals surface area contributed by atoms with Gasteiger partial charge >= 0.3 is 0 Å². The van der Waals surface area contributed by atoms with Crippen molar-refractivity contribution >= 4 is 45.9 Å². The SMILES string of the molecule is CCC(C)NC(=O)CCn1c(=O)c2ccccc2n2c(SCC(=O)Nc3cccc(F)c3)nnc12.